The number of allylic oxidation sites excluding steroid dienone is 1. The fourth-order valence-corrected chi connectivity index (χ4v) is 1.31. The first-order valence-corrected chi connectivity index (χ1v) is 3.97. The van der Waals surface area contributed by atoms with Gasteiger partial charge < -0.3 is 4.42 Å². The number of rotatable bonds is 2. The summed E-state index contributed by atoms with van der Waals surface area (Å²) in [6, 6.07) is 8.16. The van der Waals surface area contributed by atoms with E-state index in [1.54, 1.807) is 6.26 Å². The van der Waals surface area contributed by atoms with Crippen LogP contribution in [0.3, 0.4) is 0 Å². The normalized spacial score (nSPS) is 10.3. The van der Waals surface area contributed by atoms with E-state index in [9.17, 15) is 0 Å². The summed E-state index contributed by atoms with van der Waals surface area (Å²) in [6.07, 6.45) is 4.53. The Labute approximate surface area is 71.3 Å². The summed E-state index contributed by atoms with van der Waals surface area (Å²) in [5.41, 5.74) is 2.22. The van der Waals surface area contributed by atoms with Crippen LogP contribution in [0.25, 0.3) is 11.0 Å². The molecule has 0 spiro atoms. The number of fused-ring (bicyclic) bond motifs is 1. The number of furan rings is 1. The first-order valence-electron chi connectivity index (χ1n) is 3.97. The first kappa shape index (κ1) is 7.17. The van der Waals surface area contributed by atoms with Crippen molar-refractivity contribution in [3.05, 3.63) is 48.7 Å². The van der Waals surface area contributed by atoms with Crippen molar-refractivity contribution in [3.63, 3.8) is 0 Å². The van der Waals surface area contributed by atoms with Crippen molar-refractivity contribution in [1.29, 1.82) is 0 Å². The van der Waals surface area contributed by atoms with Crippen LogP contribution < -0.4 is 0 Å². The van der Waals surface area contributed by atoms with Gasteiger partial charge in [0.15, 0.2) is 0 Å². The van der Waals surface area contributed by atoms with Crippen LogP contribution in [0, 0.1) is 0 Å². The second-order valence-corrected chi connectivity index (χ2v) is 2.79. The smallest absolute Gasteiger partial charge is 0.133 e. The molecule has 0 radical (unpaired) electrons. The number of hydrogen-bond acceptors (Lipinski definition) is 1. The Morgan fingerprint density at radius 2 is 2.25 bits per heavy atom. The van der Waals surface area contributed by atoms with Crippen LogP contribution >= 0.6 is 0 Å². The van der Waals surface area contributed by atoms with Gasteiger partial charge in [0.1, 0.15) is 5.58 Å². The lowest BCUT2D eigenvalue weighted by Gasteiger charge is -1.94. The lowest BCUT2D eigenvalue weighted by molar-refractivity contribution is 0.616. The lowest BCUT2D eigenvalue weighted by Crippen LogP contribution is -1.78. The fourth-order valence-electron chi connectivity index (χ4n) is 1.31. The molecule has 1 heteroatoms. The average molecular weight is 158 g/mol. The Balaban J connectivity index is 2.52. The highest BCUT2D eigenvalue weighted by molar-refractivity contribution is 5.77. The van der Waals surface area contributed by atoms with E-state index in [-0.39, 0.29) is 0 Å². The largest absolute Gasteiger partial charge is 0.464 e. The summed E-state index contributed by atoms with van der Waals surface area (Å²) in [7, 11) is 0. The predicted octanol–water partition coefficient (Wildman–Crippen LogP) is 3.16. The van der Waals surface area contributed by atoms with E-state index in [1.807, 2.05) is 18.2 Å². The summed E-state index contributed by atoms with van der Waals surface area (Å²) in [4.78, 5) is 0. The van der Waals surface area contributed by atoms with Gasteiger partial charge in [0.05, 0.1) is 6.26 Å². The Morgan fingerprint density at radius 3 is 3.08 bits per heavy atom. The highest BCUT2D eigenvalue weighted by Crippen LogP contribution is 2.17. The van der Waals surface area contributed by atoms with Crippen LogP contribution in [-0.4, -0.2) is 0 Å². The Hall–Kier alpha value is -1.50. The maximum Gasteiger partial charge on any atom is 0.133 e. The van der Waals surface area contributed by atoms with Gasteiger partial charge in [-0.2, -0.15) is 0 Å². The molecular formula is C11H10O. The van der Waals surface area contributed by atoms with Crippen LogP contribution in [-0.2, 0) is 6.42 Å². The summed E-state index contributed by atoms with van der Waals surface area (Å²) < 4.78 is 5.23. The van der Waals surface area contributed by atoms with Gasteiger partial charge in [-0.25, -0.2) is 0 Å². The molecule has 0 atom stereocenters. The van der Waals surface area contributed by atoms with E-state index in [0.29, 0.717) is 0 Å². The molecule has 0 saturated carbocycles. The third-order valence-corrected chi connectivity index (χ3v) is 1.90. The van der Waals surface area contributed by atoms with Gasteiger partial charge >= 0.3 is 0 Å². The highest BCUT2D eigenvalue weighted by atomic mass is 16.3. The molecule has 0 aliphatic carbocycles. The van der Waals surface area contributed by atoms with Gasteiger partial charge in [0, 0.05) is 5.39 Å². The summed E-state index contributed by atoms with van der Waals surface area (Å²) >= 11 is 0. The number of hydrogen-bond donors (Lipinski definition) is 0. The van der Waals surface area contributed by atoms with Gasteiger partial charge in [-0.15, -0.1) is 6.58 Å². The van der Waals surface area contributed by atoms with Crippen LogP contribution in [0.15, 0.2) is 47.6 Å². The van der Waals surface area contributed by atoms with Crippen LogP contribution in [0.4, 0.5) is 0 Å². The molecule has 1 aromatic carbocycles. The third kappa shape index (κ3) is 1.14. The molecule has 0 unspecified atom stereocenters. The van der Waals surface area contributed by atoms with Gasteiger partial charge in [-0.05, 0) is 30.2 Å². The van der Waals surface area contributed by atoms with E-state index in [1.165, 1.54) is 5.56 Å². The van der Waals surface area contributed by atoms with E-state index in [4.69, 9.17) is 4.42 Å². The first-order chi connectivity index (χ1) is 5.90. The molecule has 2 aromatic rings. The van der Waals surface area contributed by atoms with E-state index < -0.39 is 0 Å². The van der Waals surface area contributed by atoms with Crippen LogP contribution in [0.5, 0.6) is 0 Å². The minimum Gasteiger partial charge on any atom is -0.464 e. The van der Waals surface area contributed by atoms with Crippen molar-refractivity contribution in [1.82, 2.24) is 0 Å². The minimum atomic E-state index is 0.918. The lowest BCUT2D eigenvalue weighted by atomic mass is 10.1. The van der Waals surface area contributed by atoms with Crippen LogP contribution in [0.2, 0.25) is 0 Å². The SMILES string of the molecule is C=CCc1ccc2occc2c1. The Morgan fingerprint density at radius 1 is 1.33 bits per heavy atom. The minimum absolute atomic E-state index is 0.918. The second-order valence-electron chi connectivity index (χ2n) is 2.79. The molecule has 1 aromatic heterocycles. The molecule has 0 N–H and O–H groups in total. The quantitative estimate of drug-likeness (QED) is 0.612. The van der Waals surface area contributed by atoms with Crippen molar-refractivity contribution < 1.29 is 4.42 Å². The maximum atomic E-state index is 5.23. The highest BCUT2D eigenvalue weighted by Gasteiger charge is 1.96. The van der Waals surface area contributed by atoms with Crippen LogP contribution in [0.1, 0.15) is 5.56 Å². The Bertz CT molecular complexity index is 398. The molecule has 2 rings (SSSR count). The molecular weight excluding hydrogens is 148 g/mol. The molecule has 1 heterocycles. The topological polar surface area (TPSA) is 13.1 Å². The van der Waals surface area contributed by atoms with E-state index in [2.05, 4.69) is 18.7 Å². The zero-order valence-corrected chi connectivity index (χ0v) is 6.79. The van der Waals surface area contributed by atoms with Gasteiger partial charge in [0.25, 0.3) is 0 Å². The van der Waals surface area contributed by atoms with Crippen molar-refractivity contribution in [2.45, 2.75) is 6.42 Å². The zero-order chi connectivity index (χ0) is 8.39. The van der Waals surface area contributed by atoms with E-state index in [0.717, 1.165) is 17.4 Å². The maximum absolute atomic E-state index is 5.23. The van der Waals surface area contributed by atoms with Gasteiger partial charge in [-0.1, -0.05) is 12.1 Å². The van der Waals surface area contributed by atoms with Crippen molar-refractivity contribution in [2.75, 3.05) is 0 Å². The Kier molecular flexibility index (Phi) is 1.71. The third-order valence-electron chi connectivity index (χ3n) is 1.90. The summed E-state index contributed by atoms with van der Waals surface area (Å²) in [5.74, 6) is 0. The standard InChI is InChI=1S/C11H10O/c1-2-3-9-4-5-11-10(8-9)6-7-12-11/h2,4-8H,1,3H2. The van der Waals surface area contributed by atoms with Gasteiger partial charge in [-0.3, -0.25) is 0 Å². The number of benzene rings is 1. The molecule has 60 valence electrons. The predicted molar refractivity (Wildman–Crippen MR) is 50.1 cm³/mol. The summed E-state index contributed by atoms with van der Waals surface area (Å²) in [5, 5.41) is 1.16. The van der Waals surface area contributed by atoms with Gasteiger partial charge in [0.2, 0.25) is 0 Å². The van der Waals surface area contributed by atoms with Crippen molar-refractivity contribution in [3.8, 4) is 0 Å². The molecule has 0 aliphatic rings. The monoisotopic (exact) mass is 158 g/mol. The molecule has 0 saturated heterocycles. The van der Waals surface area contributed by atoms with E-state index >= 15 is 0 Å². The zero-order valence-electron chi connectivity index (χ0n) is 6.79. The molecule has 1 nitrogen and oxygen atoms in total. The fraction of sp³-hybridized carbons (Fsp3) is 0.0909. The molecule has 0 bridgehead atoms. The average Bonchev–Trinajstić information content (AvgIpc) is 2.51. The molecule has 12 heavy (non-hydrogen) atoms. The molecule has 0 amide bonds. The molecule has 0 fully saturated rings. The van der Waals surface area contributed by atoms with Crippen molar-refractivity contribution >= 4 is 11.0 Å². The second kappa shape index (κ2) is 2.86. The van der Waals surface area contributed by atoms with Crippen molar-refractivity contribution in [2.24, 2.45) is 0 Å². The summed E-state index contributed by atoms with van der Waals surface area (Å²) in [6.45, 7) is 3.70. The molecule has 0 aliphatic heterocycles.